The summed E-state index contributed by atoms with van der Waals surface area (Å²) in [7, 11) is 0. The van der Waals surface area contributed by atoms with E-state index in [1.807, 2.05) is 25.1 Å². The smallest absolute Gasteiger partial charge is 0.242 e. The topological polar surface area (TPSA) is 41.1 Å². The standard InChI is InChI=1S/C18H22N2O/c1-13(18(21)20-16-8-4-5-9-16)19-17-11-10-14-6-2-3-7-15(14)12-17/h2-3,6-7,10-13,16,19H,4-5,8-9H2,1H3,(H,20,21)/t13-/m0/s1. The highest BCUT2D eigenvalue weighted by Gasteiger charge is 2.20. The van der Waals surface area contributed by atoms with Crippen LogP contribution in [0.4, 0.5) is 5.69 Å². The summed E-state index contributed by atoms with van der Waals surface area (Å²) in [4.78, 5) is 12.2. The molecule has 0 radical (unpaired) electrons. The fraction of sp³-hybridized carbons (Fsp3) is 0.389. The Bertz CT molecular complexity index is 632. The van der Waals surface area contributed by atoms with Crippen molar-refractivity contribution in [2.45, 2.75) is 44.7 Å². The van der Waals surface area contributed by atoms with E-state index in [-0.39, 0.29) is 11.9 Å². The summed E-state index contributed by atoms with van der Waals surface area (Å²) >= 11 is 0. The molecule has 1 aliphatic carbocycles. The van der Waals surface area contributed by atoms with E-state index in [2.05, 4.69) is 34.9 Å². The van der Waals surface area contributed by atoms with Crippen molar-refractivity contribution < 1.29 is 4.79 Å². The van der Waals surface area contributed by atoms with Gasteiger partial charge in [0.15, 0.2) is 0 Å². The highest BCUT2D eigenvalue weighted by molar-refractivity contribution is 5.88. The number of carbonyl (C=O) groups excluding carboxylic acids is 1. The first kappa shape index (κ1) is 13.9. The normalized spacial score (nSPS) is 16.8. The molecule has 0 spiro atoms. The zero-order valence-corrected chi connectivity index (χ0v) is 12.4. The fourth-order valence-electron chi connectivity index (χ4n) is 2.99. The first-order chi connectivity index (χ1) is 10.2. The lowest BCUT2D eigenvalue weighted by Gasteiger charge is -2.18. The molecule has 21 heavy (non-hydrogen) atoms. The van der Waals surface area contributed by atoms with Crippen molar-refractivity contribution in [3.63, 3.8) is 0 Å². The van der Waals surface area contributed by atoms with Gasteiger partial charge in [0, 0.05) is 11.7 Å². The first-order valence-electron chi connectivity index (χ1n) is 7.78. The molecule has 1 saturated carbocycles. The van der Waals surface area contributed by atoms with Gasteiger partial charge in [0.05, 0.1) is 0 Å². The molecule has 3 nitrogen and oxygen atoms in total. The number of hydrogen-bond acceptors (Lipinski definition) is 2. The Labute approximate surface area is 125 Å². The van der Waals surface area contributed by atoms with Gasteiger partial charge in [-0.3, -0.25) is 4.79 Å². The van der Waals surface area contributed by atoms with E-state index in [9.17, 15) is 4.79 Å². The predicted octanol–water partition coefficient (Wildman–Crippen LogP) is 3.70. The second kappa shape index (κ2) is 6.17. The Hall–Kier alpha value is -2.03. The molecule has 2 aromatic rings. The molecule has 1 aliphatic rings. The number of hydrogen-bond donors (Lipinski definition) is 2. The van der Waals surface area contributed by atoms with E-state index in [0.29, 0.717) is 6.04 Å². The summed E-state index contributed by atoms with van der Waals surface area (Å²) in [5.74, 6) is 0.0926. The summed E-state index contributed by atoms with van der Waals surface area (Å²) < 4.78 is 0. The Morgan fingerprint density at radius 1 is 1.10 bits per heavy atom. The van der Waals surface area contributed by atoms with Gasteiger partial charge < -0.3 is 10.6 Å². The van der Waals surface area contributed by atoms with E-state index < -0.39 is 0 Å². The van der Waals surface area contributed by atoms with Crippen molar-refractivity contribution in [3.8, 4) is 0 Å². The van der Waals surface area contributed by atoms with E-state index in [1.54, 1.807) is 0 Å². The van der Waals surface area contributed by atoms with Gasteiger partial charge in [0.25, 0.3) is 0 Å². The molecule has 0 aromatic heterocycles. The van der Waals surface area contributed by atoms with Gasteiger partial charge in [-0.15, -0.1) is 0 Å². The van der Waals surface area contributed by atoms with Crippen LogP contribution in [0.15, 0.2) is 42.5 Å². The Morgan fingerprint density at radius 3 is 2.57 bits per heavy atom. The molecule has 110 valence electrons. The second-order valence-corrected chi connectivity index (χ2v) is 5.92. The maximum atomic E-state index is 12.2. The van der Waals surface area contributed by atoms with Crippen LogP contribution < -0.4 is 10.6 Å². The van der Waals surface area contributed by atoms with Crippen LogP contribution in [0.2, 0.25) is 0 Å². The van der Waals surface area contributed by atoms with Crippen LogP contribution in [0.1, 0.15) is 32.6 Å². The molecule has 1 atom stereocenters. The van der Waals surface area contributed by atoms with Crippen LogP contribution in [-0.4, -0.2) is 18.0 Å². The molecule has 3 heteroatoms. The van der Waals surface area contributed by atoms with Crippen molar-refractivity contribution in [3.05, 3.63) is 42.5 Å². The number of amides is 1. The Morgan fingerprint density at radius 2 is 1.81 bits per heavy atom. The number of benzene rings is 2. The predicted molar refractivity (Wildman–Crippen MR) is 87.4 cm³/mol. The van der Waals surface area contributed by atoms with Crippen LogP contribution in [0.3, 0.4) is 0 Å². The van der Waals surface area contributed by atoms with Crippen molar-refractivity contribution in [1.82, 2.24) is 5.32 Å². The summed E-state index contributed by atoms with van der Waals surface area (Å²) in [6.07, 6.45) is 4.71. The minimum Gasteiger partial charge on any atom is -0.374 e. The molecule has 0 saturated heterocycles. The minimum absolute atomic E-state index is 0.0926. The van der Waals surface area contributed by atoms with E-state index in [0.717, 1.165) is 18.5 Å². The molecule has 0 bridgehead atoms. The molecular formula is C18H22N2O. The van der Waals surface area contributed by atoms with Gasteiger partial charge in [0.1, 0.15) is 6.04 Å². The fourth-order valence-corrected chi connectivity index (χ4v) is 2.99. The molecule has 0 aliphatic heterocycles. The summed E-state index contributed by atoms with van der Waals surface area (Å²) in [6, 6.07) is 14.6. The third-order valence-electron chi connectivity index (χ3n) is 4.23. The van der Waals surface area contributed by atoms with Crippen molar-refractivity contribution in [1.29, 1.82) is 0 Å². The largest absolute Gasteiger partial charge is 0.374 e. The lowest BCUT2D eigenvalue weighted by atomic mass is 10.1. The van der Waals surface area contributed by atoms with Gasteiger partial charge in [-0.1, -0.05) is 43.2 Å². The van der Waals surface area contributed by atoms with Gasteiger partial charge in [0.2, 0.25) is 5.91 Å². The van der Waals surface area contributed by atoms with Gasteiger partial charge in [-0.2, -0.15) is 0 Å². The molecule has 2 aromatic carbocycles. The van der Waals surface area contributed by atoms with Crippen LogP contribution in [0.5, 0.6) is 0 Å². The average Bonchev–Trinajstić information content (AvgIpc) is 3.00. The van der Waals surface area contributed by atoms with Gasteiger partial charge in [-0.05, 0) is 42.7 Å². The molecule has 3 rings (SSSR count). The van der Waals surface area contributed by atoms with Crippen molar-refractivity contribution in [2.24, 2.45) is 0 Å². The SMILES string of the molecule is C[C@H](Nc1ccc2ccccc2c1)C(=O)NC1CCCC1. The lowest BCUT2D eigenvalue weighted by molar-refractivity contribution is -0.122. The number of nitrogens with one attached hydrogen (secondary N) is 2. The number of fused-ring (bicyclic) bond motifs is 1. The average molecular weight is 282 g/mol. The van der Waals surface area contributed by atoms with Crippen molar-refractivity contribution in [2.75, 3.05) is 5.32 Å². The third kappa shape index (κ3) is 3.35. The highest BCUT2D eigenvalue weighted by atomic mass is 16.2. The van der Waals surface area contributed by atoms with Crippen LogP contribution in [-0.2, 0) is 4.79 Å². The summed E-state index contributed by atoms with van der Waals surface area (Å²) in [5.41, 5.74) is 0.989. The lowest BCUT2D eigenvalue weighted by Crippen LogP contribution is -2.42. The van der Waals surface area contributed by atoms with Gasteiger partial charge in [-0.25, -0.2) is 0 Å². The second-order valence-electron chi connectivity index (χ2n) is 5.92. The van der Waals surface area contributed by atoms with Crippen LogP contribution >= 0.6 is 0 Å². The first-order valence-corrected chi connectivity index (χ1v) is 7.78. The highest BCUT2D eigenvalue weighted by Crippen LogP contribution is 2.20. The van der Waals surface area contributed by atoms with Gasteiger partial charge >= 0.3 is 0 Å². The molecule has 0 heterocycles. The third-order valence-corrected chi connectivity index (χ3v) is 4.23. The zero-order chi connectivity index (χ0) is 14.7. The molecular weight excluding hydrogens is 260 g/mol. The maximum absolute atomic E-state index is 12.2. The number of anilines is 1. The maximum Gasteiger partial charge on any atom is 0.242 e. The minimum atomic E-state index is -0.216. The van der Waals surface area contributed by atoms with E-state index in [4.69, 9.17) is 0 Å². The molecule has 1 amide bonds. The van der Waals surface area contributed by atoms with Crippen LogP contribution in [0, 0.1) is 0 Å². The quantitative estimate of drug-likeness (QED) is 0.897. The Balaban J connectivity index is 1.64. The number of rotatable bonds is 4. The molecule has 1 fully saturated rings. The Kier molecular flexibility index (Phi) is 4.09. The summed E-state index contributed by atoms with van der Waals surface area (Å²) in [6.45, 7) is 1.92. The molecule has 0 unspecified atom stereocenters. The number of carbonyl (C=O) groups is 1. The van der Waals surface area contributed by atoms with Crippen LogP contribution in [0.25, 0.3) is 10.8 Å². The van der Waals surface area contributed by atoms with E-state index in [1.165, 1.54) is 23.6 Å². The molecule has 2 N–H and O–H groups in total. The van der Waals surface area contributed by atoms with E-state index >= 15 is 0 Å². The van der Waals surface area contributed by atoms with Crippen molar-refractivity contribution >= 4 is 22.4 Å². The monoisotopic (exact) mass is 282 g/mol. The summed E-state index contributed by atoms with van der Waals surface area (Å²) in [5, 5.41) is 8.83. The zero-order valence-electron chi connectivity index (χ0n) is 12.4.